The summed E-state index contributed by atoms with van der Waals surface area (Å²) in [4.78, 5) is 24.6. The molecule has 2 unspecified atom stereocenters. The average molecular weight is 1080 g/mol. The summed E-state index contributed by atoms with van der Waals surface area (Å²) in [6, 6.07) is -0.631. The zero-order valence-corrected chi connectivity index (χ0v) is 52.0. The average Bonchev–Trinajstić information content (AvgIpc) is 3.43. The number of rotatable bonds is 65. The third-order valence-corrected chi connectivity index (χ3v) is 16.2. The van der Waals surface area contributed by atoms with Crippen molar-refractivity contribution < 1.29 is 24.5 Å². The summed E-state index contributed by atoms with van der Waals surface area (Å²) in [5.41, 5.74) is 0. The summed E-state index contributed by atoms with van der Waals surface area (Å²) in [6.45, 7) is 4.93. The monoisotopic (exact) mass is 1080 g/mol. The molecule has 1 amide bonds. The molecule has 2 atom stereocenters. The van der Waals surface area contributed by atoms with Crippen LogP contribution in [-0.4, -0.2) is 47.4 Å². The predicted molar refractivity (Wildman–Crippen MR) is 338 cm³/mol. The molecular formula is C71H135NO5. The second-order valence-electron chi connectivity index (χ2n) is 23.9. The van der Waals surface area contributed by atoms with Gasteiger partial charge in [0.2, 0.25) is 5.91 Å². The van der Waals surface area contributed by atoms with Gasteiger partial charge in [-0.05, 0) is 64.2 Å². The molecule has 0 radical (unpaired) electrons. The van der Waals surface area contributed by atoms with Crippen LogP contribution in [0.25, 0.3) is 0 Å². The lowest BCUT2D eigenvalue weighted by Gasteiger charge is -2.20. The lowest BCUT2D eigenvalue weighted by molar-refractivity contribution is -0.143. The van der Waals surface area contributed by atoms with E-state index < -0.39 is 12.1 Å². The Morgan fingerprint density at radius 1 is 0.364 bits per heavy atom. The van der Waals surface area contributed by atoms with Gasteiger partial charge < -0.3 is 20.3 Å². The van der Waals surface area contributed by atoms with Crippen molar-refractivity contribution in [2.45, 2.75) is 392 Å². The number of esters is 1. The fourth-order valence-corrected chi connectivity index (χ4v) is 10.8. The van der Waals surface area contributed by atoms with Crippen LogP contribution in [0.3, 0.4) is 0 Å². The van der Waals surface area contributed by atoms with Crippen LogP contribution in [0.5, 0.6) is 0 Å². The number of allylic oxidation sites excluding steroid dienone is 5. The smallest absolute Gasteiger partial charge is 0.305 e. The van der Waals surface area contributed by atoms with E-state index in [0.29, 0.717) is 19.4 Å². The van der Waals surface area contributed by atoms with E-state index in [1.165, 1.54) is 308 Å². The molecule has 6 nitrogen and oxygen atoms in total. The number of hydrogen-bond acceptors (Lipinski definition) is 5. The minimum atomic E-state index is -0.848. The summed E-state index contributed by atoms with van der Waals surface area (Å²) >= 11 is 0. The van der Waals surface area contributed by atoms with Crippen molar-refractivity contribution in [1.29, 1.82) is 0 Å². The Bertz CT molecular complexity index is 1250. The fraction of sp³-hybridized carbons (Fsp3) is 0.887. The van der Waals surface area contributed by atoms with E-state index in [1.807, 2.05) is 6.08 Å². The predicted octanol–water partition coefficient (Wildman–Crippen LogP) is 22.3. The first-order valence-electron chi connectivity index (χ1n) is 34.8. The largest absolute Gasteiger partial charge is 0.466 e. The molecule has 0 saturated carbocycles. The highest BCUT2D eigenvalue weighted by atomic mass is 16.5. The summed E-state index contributed by atoms with van der Waals surface area (Å²) < 4.78 is 5.48. The van der Waals surface area contributed by atoms with E-state index in [1.54, 1.807) is 6.08 Å². The second kappa shape index (κ2) is 66.6. The van der Waals surface area contributed by atoms with Crippen molar-refractivity contribution >= 4 is 11.9 Å². The molecular weight excluding hydrogens is 947 g/mol. The molecule has 454 valence electrons. The summed E-state index contributed by atoms with van der Waals surface area (Å²) in [5, 5.41) is 23.2. The van der Waals surface area contributed by atoms with Gasteiger partial charge in [0.15, 0.2) is 0 Å². The minimum absolute atomic E-state index is 0.0122. The van der Waals surface area contributed by atoms with Gasteiger partial charge in [-0.25, -0.2) is 0 Å². The van der Waals surface area contributed by atoms with E-state index in [-0.39, 0.29) is 18.5 Å². The van der Waals surface area contributed by atoms with Crippen LogP contribution >= 0.6 is 0 Å². The van der Waals surface area contributed by atoms with Gasteiger partial charge in [0, 0.05) is 12.8 Å². The Morgan fingerprint density at radius 2 is 0.649 bits per heavy atom. The molecule has 0 aliphatic rings. The van der Waals surface area contributed by atoms with Gasteiger partial charge in [-0.2, -0.15) is 0 Å². The van der Waals surface area contributed by atoms with E-state index in [0.717, 1.165) is 44.9 Å². The van der Waals surface area contributed by atoms with Gasteiger partial charge in [0.25, 0.3) is 0 Å². The molecule has 77 heavy (non-hydrogen) atoms. The number of carbonyl (C=O) groups excluding carboxylic acids is 2. The summed E-state index contributed by atoms with van der Waals surface area (Å²) in [6.07, 6.45) is 85.0. The van der Waals surface area contributed by atoms with Crippen molar-refractivity contribution in [2.75, 3.05) is 13.2 Å². The molecule has 0 rings (SSSR count). The zero-order valence-electron chi connectivity index (χ0n) is 52.0. The van der Waals surface area contributed by atoms with Crippen LogP contribution in [0.4, 0.5) is 0 Å². The first-order chi connectivity index (χ1) is 38.0. The molecule has 6 heteroatoms. The lowest BCUT2D eigenvalue weighted by Crippen LogP contribution is -2.45. The highest BCUT2D eigenvalue weighted by Gasteiger charge is 2.18. The first kappa shape index (κ1) is 75.1. The third kappa shape index (κ3) is 63.1. The van der Waals surface area contributed by atoms with Crippen molar-refractivity contribution in [2.24, 2.45) is 0 Å². The molecule has 0 aliphatic carbocycles. The molecule has 0 heterocycles. The highest BCUT2D eigenvalue weighted by molar-refractivity contribution is 5.76. The van der Waals surface area contributed by atoms with E-state index in [9.17, 15) is 19.8 Å². The van der Waals surface area contributed by atoms with E-state index in [2.05, 4.69) is 43.5 Å². The SMILES string of the molecule is CCCCCCCCCCCCCCCCCCCC/C=C/C(O)C(CO)NC(=O)CCCCCCCCCCCCC/C=C\C/C=C\CCCCCCCCCCCOC(=O)CCCCCCCCCCCCCCC. The van der Waals surface area contributed by atoms with Gasteiger partial charge in [-0.3, -0.25) is 9.59 Å². The number of aliphatic hydroxyl groups excluding tert-OH is 2. The van der Waals surface area contributed by atoms with Crippen LogP contribution < -0.4 is 5.32 Å². The fourth-order valence-electron chi connectivity index (χ4n) is 10.8. The number of hydrogen-bond donors (Lipinski definition) is 3. The van der Waals surface area contributed by atoms with E-state index in [4.69, 9.17) is 4.74 Å². The summed E-state index contributed by atoms with van der Waals surface area (Å²) in [5.74, 6) is -0.0557. The zero-order chi connectivity index (χ0) is 55.7. The second-order valence-corrected chi connectivity index (χ2v) is 23.9. The maximum Gasteiger partial charge on any atom is 0.305 e. The van der Waals surface area contributed by atoms with Crippen molar-refractivity contribution in [3.8, 4) is 0 Å². The van der Waals surface area contributed by atoms with Gasteiger partial charge in [0.05, 0.1) is 25.4 Å². The van der Waals surface area contributed by atoms with Gasteiger partial charge in [0.1, 0.15) is 0 Å². The Kier molecular flexibility index (Phi) is 64.9. The van der Waals surface area contributed by atoms with Gasteiger partial charge in [-0.1, -0.05) is 339 Å². The molecule has 0 spiro atoms. The standard InChI is InChI=1S/C71H135NO5/c1-3-5-7-9-11-13-15-17-18-19-20-30-33-36-40-43-47-51-55-59-63-69(74)68(67-73)72-70(75)64-60-56-52-48-44-41-37-34-31-28-26-24-22-21-23-25-27-29-32-35-38-42-46-50-54-58-62-66-77-71(76)65-61-57-53-49-45-39-16-14-12-10-8-6-4-2/h21-22,25,27,59,63,68-69,73-74H,3-20,23-24,26,28-58,60-62,64-67H2,1-2H3,(H,72,75)/b22-21-,27-25-,63-59+. The minimum Gasteiger partial charge on any atom is -0.466 e. The molecule has 0 bridgehead atoms. The number of aliphatic hydroxyl groups is 2. The van der Waals surface area contributed by atoms with Gasteiger partial charge >= 0.3 is 5.97 Å². The first-order valence-corrected chi connectivity index (χ1v) is 34.8. The molecule has 0 aliphatic heterocycles. The maximum absolute atomic E-state index is 12.5. The van der Waals surface area contributed by atoms with Crippen LogP contribution in [-0.2, 0) is 14.3 Å². The van der Waals surface area contributed by atoms with Gasteiger partial charge in [-0.15, -0.1) is 0 Å². The van der Waals surface area contributed by atoms with Crippen LogP contribution in [0.1, 0.15) is 380 Å². The third-order valence-electron chi connectivity index (χ3n) is 16.2. The number of unbranched alkanes of at least 4 members (excludes halogenated alkanes) is 50. The Labute approximate surface area is 481 Å². The normalized spacial score (nSPS) is 12.7. The molecule has 0 aromatic heterocycles. The quantitative estimate of drug-likeness (QED) is 0.0320. The number of amides is 1. The molecule has 0 fully saturated rings. The number of ether oxygens (including phenoxy) is 1. The molecule has 0 aromatic carbocycles. The molecule has 0 saturated heterocycles. The topological polar surface area (TPSA) is 95.9 Å². The molecule has 0 aromatic rings. The Balaban J connectivity index is 3.44. The van der Waals surface area contributed by atoms with Crippen LogP contribution in [0, 0.1) is 0 Å². The van der Waals surface area contributed by atoms with Crippen molar-refractivity contribution in [1.82, 2.24) is 5.32 Å². The summed E-state index contributed by atoms with van der Waals surface area (Å²) in [7, 11) is 0. The van der Waals surface area contributed by atoms with Crippen LogP contribution in [0.2, 0.25) is 0 Å². The number of nitrogens with one attached hydrogen (secondary N) is 1. The van der Waals surface area contributed by atoms with Crippen molar-refractivity contribution in [3.63, 3.8) is 0 Å². The Hall–Kier alpha value is -1.92. The Morgan fingerprint density at radius 3 is 0.987 bits per heavy atom. The maximum atomic E-state index is 12.5. The van der Waals surface area contributed by atoms with Crippen LogP contribution in [0.15, 0.2) is 36.5 Å². The number of carbonyl (C=O) groups is 2. The molecule has 3 N–H and O–H groups in total. The lowest BCUT2D eigenvalue weighted by atomic mass is 10.0. The van der Waals surface area contributed by atoms with E-state index >= 15 is 0 Å². The highest BCUT2D eigenvalue weighted by Crippen LogP contribution is 2.18. The van der Waals surface area contributed by atoms with Crippen molar-refractivity contribution in [3.05, 3.63) is 36.5 Å².